The molecule has 3 aromatic rings. The first kappa shape index (κ1) is 23.9. The Morgan fingerprint density at radius 3 is 2.03 bits per heavy atom. The highest BCUT2D eigenvalue weighted by Gasteiger charge is 2.29. The molecule has 0 spiro atoms. The van der Waals surface area contributed by atoms with Crippen LogP contribution in [0.2, 0.25) is 0 Å². The summed E-state index contributed by atoms with van der Waals surface area (Å²) in [5, 5.41) is 2.55. The normalized spacial score (nSPS) is 12.5. The third-order valence-corrected chi connectivity index (χ3v) is 5.57. The van der Waals surface area contributed by atoms with E-state index in [1.165, 1.54) is 0 Å². The van der Waals surface area contributed by atoms with Gasteiger partial charge in [-0.25, -0.2) is 9.59 Å². The maximum absolute atomic E-state index is 12.3. The van der Waals surface area contributed by atoms with E-state index in [1.807, 2.05) is 36.4 Å². The van der Waals surface area contributed by atoms with Gasteiger partial charge in [-0.15, -0.1) is 0 Å². The molecule has 0 aromatic heterocycles. The van der Waals surface area contributed by atoms with Crippen molar-refractivity contribution >= 4 is 12.1 Å². The Kier molecular flexibility index (Phi) is 7.72. The van der Waals surface area contributed by atoms with E-state index in [9.17, 15) is 9.59 Å². The summed E-state index contributed by atoms with van der Waals surface area (Å²) in [6, 6.07) is 22.6. The number of rotatable bonds is 7. The Hall–Kier alpha value is -3.80. The van der Waals surface area contributed by atoms with E-state index in [-0.39, 0.29) is 26.6 Å². The largest absolute Gasteiger partial charge is 0.497 e. The lowest BCUT2D eigenvalue weighted by Crippen LogP contribution is -2.40. The number of nitrogens with one attached hydrogen (secondary N) is 1. The standard InChI is InChI=1S/C26H25NO5.CH4/c1-17(25(28)31-15-18-11-13-19(30-2)14-12-18)27-26(29)32-16-24-22-9-5-3-7-20(22)21-8-4-6-10-23(21)24;/h3-14,17,24H,15-16H2,1-2H3,(H,27,29);1H4/t17-;/m0./s1. The summed E-state index contributed by atoms with van der Waals surface area (Å²) < 4.78 is 15.9. The van der Waals surface area contributed by atoms with Crippen LogP contribution in [0.1, 0.15) is 37.0 Å². The van der Waals surface area contributed by atoms with E-state index in [0.717, 1.165) is 33.6 Å². The average molecular weight is 448 g/mol. The predicted octanol–water partition coefficient (Wildman–Crippen LogP) is 5.30. The second-order valence-corrected chi connectivity index (χ2v) is 7.65. The molecule has 0 saturated carbocycles. The minimum atomic E-state index is -0.830. The van der Waals surface area contributed by atoms with Crippen LogP contribution in [-0.2, 0) is 20.9 Å². The van der Waals surface area contributed by atoms with Gasteiger partial charge >= 0.3 is 12.1 Å². The van der Waals surface area contributed by atoms with Crippen molar-refractivity contribution in [3.8, 4) is 16.9 Å². The number of hydrogen-bond acceptors (Lipinski definition) is 5. The highest BCUT2D eigenvalue weighted by Crippen LogP contribution is 2.44. The molecule has 0 radical (unpaired) electrons. The zero-order chi connectivity index (χ0) is 22.5. The monoisotopic (exact) mass is 447 g/mol. The Morgan fingerprint density at radius 2 is 1.45 bits per heavy atom. The van der Waals surface area contributed by atoms with Crippen LogP contribution in [0.3, 0.4) is 0 Å². The summed E-state index contributed by atoms with van der Waals surface area (Å²) in [6.45, 7) is 1.87. The second-order valence-electron chi connectivity index (χ2n) is 7.65. The molecule has 1 amide bonds. The number of ether oxygens (including phenoxy) is 3. The number of methoxy groups -OCH3 is 1. The van der Waals surface area contributed by atoms with E-state index in [0.29, 0.717) is 0 Å². The molecule has 1 atom stereocenters. The molecule has 6 heteroatoms. The molecule has 1 aliphatic carbocycles. The van der Waals surface area contributed by atoms with E-state index < -0.39 is 18.1 Å². The summed E-state index contributed by atoms with van der Waals surface area (Å²) in [7, 11) is 1.59. The van der Waals surface area contributed by atoms with E-state index >= 15 is 0 Å². The van der Waals surface area contributed by atoms with Gasteiger partial charge in [0.1, 0.15) is 25.0 Å². The van der Waals surface area contributed by atoms with Crippen molar-refractivity contribution in [2.45, 2.75) is 32.9 Å². The molecule has 0 heterocycles. The van der Waals surface area contributed by atoms with Crippen LogP contribution < -0.4 is 10.1 Å². The van der Waals surface area contributed by atoms with E-state index in [2.05, 4.69) is 29.6 Å². The van der Waals surface area contributed by atoms with Crippen molar-refractivity contribution in [2.24, 2.45) is 0 Å². The quantitative estimate of drug-likeness (QED) is 0.498. The highest BCUT2D eigenvalue weighted by molar-refractivity contribution is 5.81. The number of benzene rings is 3. The fraction of sp³-hybridized carbons (Fsp3) is 0.259. The third kappa shape index (κ3) is 5.34. The van der Waals surface area contributed by atoms with Crippen LogP contribution in [0.5, 0.6) is 5.75 Å². The Balaban J connectivity index is 0.00000306. The predicted molar refractivity (Wildman–Crippen MR) is 127 cm³/mol. The van der Waals surface area contributed by atoms with Crippen molar-refractivity contribution in [2.75, 3.05) is 13.7 Å². The molecule has 1 aliphatic rings. The Bertz CT molecular complexity index is 1060. The lowest BCUT2D eigenvalue weighted by Gasteiger charge is -2.17. The first-order valence-corrected chi connectivity index (χ1v) is 10.5. The number of esters is 1. The number of carbonyl (C=O) groups excluding carboxylic acids is 2. The average Bonchev–Trinajstić information content (AvgIpc) is 3.15. The molecule has 33 heavy (non-hydrogen) atoms. The summed E-state index contributed by atoms with van der Waals surface area (Å²) in [6.07, 6.45) is -0.652. The summed E-state index contributed by atoms with van der Waals surface area (Å²) in [5.74, 6) is 0.158. The van der Waals surface area contributed by atoms with E-state index in [4.69, 9.17) is 14.2 Å². The van der Waals surface area contributed by atoms with Gasteiger partial charge in [0.15, 0.2) is 0 Å². The van der Waals surface area contributed by atoms with Gasteiger partial charge in [0.25, 0.3) is 0 Å². The van der Waals surface area contributed by atoms with Gasteiger partial charge in [-0.2, -0.15) is 0 Å². The Labute approximate surface area is 194 Å². The van der Waals surface area contributed by atoms with Crippen LogP contribution in [0.25, 0.3) is 11.1 Å². The van der Waals surface area contributed by atoms with Crippen LogP contribution in [0.15, 0.2) is 72.8 Å². The summed E-state index contributed by atoms with van der Waals surface area (Å²) in [5.41, 5.74) is 5.41. The molecule has 0 unspecified atom stereocenters. The lowest BCUT2D eigenvalue weighted by atomic mass is 9.98. The Morgan fingerprint density at radius 1 is 0.879 bits per heavy atom. The SMILES string of the molecule is C.COc1ccc(COC(=O)[C@H](C)NC(=O)OCC2c3ccccc3-c3ccccc32)cc1. The van der Waals surface area contributed by atoms with Gasteiger partial charge in [0.05, 0.1) is 7.11 Å². The van der Waals surface area contributed by atoms with Crippen LogP contribution in [0, 0.1) is 0 Å². The second kappa shape index (κ2) is 10.7. The van der Waals surface area contributed by atoms with Crippen LogP contribution in [-0.4, -0.2) is 31.8 Å². The topological polar surface area (TPSA) is 73.9 Å². The first-order chi connectivity index (χ1) is 15.6. The third-order valence-electron chi connectivity index (χ3n) is 5.57. The van der Waals surface area contributed by atoms with Gasteiger partial charge < -0.3 is 19.5 Å². The molecule has 3 aromatic carbocycles. The number of amides is 1. The zero-order valence-corrected chi connectivity index (χ0v) is 18.0. The number of fused-ring (bicyclic) bond motifs is 3. The van der Waals surface area contributed by atoms with Gasteiger partial charge in [0, 0.05) is 5.92 Å². The van der Waals surface area contributed by atoms with Crippen molar-refractivity contribution in [3.63, 3.8) is 0 Å². The maximum Gasteiger partial charge on any atom is 0.407 e. The van der Waals surface area contributed by atoms with Crippen LogP contribution in [0.4, 0.5) is 4.79 Å². The zero-order valence-electron chi connectivity index (χ0n) is 18.0. The maximum atomic E-state index is 12.3. The highest BCUT2D eigenvalue weighted by atomic mass is 16.6. The molecule has 1 N–H and O–H groups in total. The molecule has 0 bridgehead atoms. The minimum Gasteiger partial charge on any atom is -0.497 e. The molecule has 6 nitrogen and oxygen atoms in total. The summed E-state index contributed by atoms with van der Waals surface area (Å²) in [4.78, 5) is 24.6. The van der Waals surface area contributed by atoms with Gasteiger partial charge in [-0.1, -0.05) is 68.1 Å². The number of hydrogen-bond donors (Lipinski definition) is 1. The van der Waals surface area contributed by atoms with Crippen LogP contribution >= 0.6 is 0 Å². The van der Waals surface area contributed by atoms with Gasteiger partial charge in [-0.3, -0.25) is 0 Å². The molecule has 0 saturated heterocycles. The van der Waals surface area contributed by atoms with Gasteiger partial charge in [0.2, 0.25) is 0 Å². The van der Waals surface area contributed by atoms with Crippen molar-refractivity contribution in [3.05, 3.63) is 89.5 Å². The van der Waals surface area contributed by atoms with Crippen molar-refractivity contribution in [1.29, 1.82) is 0 Å². The molecule has 172 valence electrons. The number of alkyl carbamates (subject to hydrolysis) is 1. The fourth-order valence-electron chi connectivity index (χ4n) is 3.88. The number of carbonyl (C=O) groups is 2. The van der Waals surface area contributed by atoms with Gasteiger partial charge in [-0.05, 0) is 46.9 Å². The first-order valence-electron chi connectivity index (χ1n) is 10.5. The van der Waals surface area contributed by atoms with Crippen molar-refractivity contribution < 1.29 is 23.8 Å². The summed E-state index contributed by atoms with van der Waals surface area (Å²) >= 11 is 0. The lowest BCUT2D eigenvalue weighted by molar-refractivity contribution is -0.146. The minimum absolute atomic E-state index is 0. The smallest absolute Gasteiger partial charge is 0.407 e. The molecule has 0 aliphatic heterocycles. The molecule has 4 rings (SSSR count). The fourth-order valence-corrected chi connectivity index (χ4v) is 3.88. The van der Waals surface area contributed by atoms with E-state index in [1.54, 1.807) is 26.2 Å². The van der Waals surface area contributed by atoms with Crippen molar-refractivity contribution in [1.82, 2.24) is 5.32 Å². The molecule has 0 fully saturated rings. The molecular formula is C27H29NO5. The molecular weight excluding hydrogens is 418 g/mol.